The number of nitrogens with zero attached hydrogens (tertiary/aromatic N) is 2. The average Bonchev–Trinajstić information content (AvgIpc) is 3.02. The minimum atomic E-state index is 0.291. The SMILES string of the molecule is CCNC(=NCc1cc(C(C)C)no1)NCCc1cccc(O)c1. The normalized spacial score (nSPS) is 11.8. The lowest BCUT2D eigenvalue weighted by Crippen LogP contribution is -2.38. The van der Waals surface area contributed by atoms with Crippen molar-refractivity contribution >= 4 is 5.96 Å². The molecule has 0 unspecified atom stereocenters. The lowest BCUT2D eigenvalue weighted by Gasteiger charge is -2.11. The Kier molecular flexibility index (Phi) is 6.66. The van der Waals surface area contributed by atoms with E-state index in [0.29, 0.717) is 18.2 Å². The molecule has 0 amide bonds. The second-order valence-corrected chi connectivity index (χ2v) is 5.91. The van der Waals surface area contributed by atoms with Crippen molar-refractivity contribution in [3.8, 4) is 5.75 Å². The molecule has 1 heterocycles. The Morgan fingerprint density at radius 2 is 2.12 bits per heavy atom. The first-order chi connectivity index (χ1) is 11.6. The average molecular weight is 330 g/mol. The van der Waals surface area contributed by atoms with E-state index >= 15 is 0 Å². The highest BCUT2D eigenvalue weighted by atomic mass is 16.5. The van der Waals surface area contributed by atoms with E-state index in [1.54, 1.807) is 12.1 Å². The third-order valence-corrected chi connectivity index (χ3v) is 3.52. The van der Waals surface area contributed by atoms with Crippen molar-refractivity contribution in [2.24, 2.45) is 4.99 Å². The van der Waals surface area contributed by atoms with Gasteiger partial charge in [0.05, 0.1) is 5.69 Å². The third kappa shape index (κ3) is 5.61. The maximum Gasteiger partial charge on any atom is 0.191 e. The fourth-order valence-electron chi connectivity index (χ4n) is 2.21. The number of phenols is 1. The molecule has 130 valence electrons. The zero-order chi connectivity index (χ0) is 17.4. The number of hydrogen-bond donors (Lipinski definition) is 3. The van der Waals surface area contributed by atoms with E-state index in [1.165, 1.54) is 0 Å². The van der Waals surface area contributed by atoms with Crippen LogP contribution < -0.4 is 10.6 Å². The Hall–Kier alpha value is -2.50. The van der Waals surface area contributed by atoms with E-state index in [-0.39, 0.29) is 0 Å². The highest BCUT2D eigenvalue weighted by Crippen LogP contribution is 2.14. The van der Waals surface area contributed by atoms with Crippen LogP contribution in [0.2, 0.25) is 0 Å². The maximum absolute atomic E-state index is 9.48. The van der Waals surface area contributed by atoms with Crippen molar-refractivity contribution in [2.75, 3.05) is 13.1 Å². The first-order valence-electron chi connectivity index (χ1n) is 8.34. The molecule has 0 aliphatic heterocycles. The minimum absolute atomic E-state index is 0.291. The van der Waals surface area contributed by atoms with Gasteiger partial charge >= 0.3 is 0 Å². The number of rotatable bonds is 7. The first kappa shape index (κ1) is 17.8. The van der Waals surface area contributed by atoms with Crippen molar-refractivity contribution in [2.45, 2.75) is 39.7 Å². The smallest absolute Gasteiger partial charge is 0.191 e. The van der Waals surface area contributed by atoms with Gasteiger partial charge in [0.1, 0.15) is 12.3 Å². The van der Waals surface area contributed by atoms with Crippen LogP contribution in [-0.4, -0.2) is 29.3 Å². The molecular formula is C18H26N4O2. The monoisotopic (exact) mass is 330 g/mol. The van der Waals surface area contributed by atoms with Gasteiger partial charge in [-0.2, -0.15) is 0 Å². The summed E-state index contributed by atoms with van der Waals surface area (Å²) < 4.78 is 5.30. The summed E-state index contributed by atoms with van der Waals surface area (Å²) in [6.45, 7) is 8.14. The van der Waals surface area contributed by atoms with Gasteiger partial charge < -0.3 is 20.3 Å². The van der Waals surface area contributed by atoms with E-state index in [4.69, 9.17) is 4.52 Å². The lowest BCUT2D eigenvalue weighted by atomic mass is 10.1. The van der Waals surface area contributed by atoms with E-state index in [2.05, 4.69) is 34.6 Å². The number of benzene rings is 1. The van der Waals surface area contributed by atoms with Gasteiger partial charge in [-0.1, -0.05) is 31.1 Å². The van der Waals surface area contributed by atoms with Crippen molar-refractivity contribution in [3.05, 3.63) is 47.3 Å². The Bertz CT molecular complexity index is 665. The van der Waals surface area contributed by atoms with Gasteiger partial charge in [0.25, 0.3) is 0 Å². The number of aromatic nitrogens is 1. The van der Waals surface area contributed by atoms with Crippen LogP contribution in [0.5, 0.6) is 5.75 Å². The molecule has 2 aromatic rings. The van der Waals surface area contributed by atoms with Crippen LogP contribution in [0.3, 0.4) is 0 Å². The summed E-state index contributed by atoms with van der Waals surface area (Å²) in [6, 6.07) is 9.23. The molecule has 0 saturated heterocycles. The summed E-state index contributed by atoms with van der Waals surface area (Å²) in [7, 11) is 0. The molecule has 6 heteroatoms. The highest BCUT2D eigenvalue weighted by Gasteiger charge is 2.07. The van der Waals surface area contributed by atoms with E-state index in [9.17, 15) is 5.11 Å². The fourth-order valence-corrected chi connectivity index (χ4v) is 2.21. The zero-order valence-electron chi connectivity index (χ0n) is 14.5. The zero-order valence-corrected chi connectivity index (χ0v) is 14.5. The molecule has 0 atom stereocenters. The van der Waals surface area contributed by atoms with E-state index in [1.807, 2.05) is 25.1 Å². The van der Waals surface area contributed by atoms with Crippen LogP contribution >= 0.6 is 0 Å². The van der Waals surface area contributed by atoms with Gasteiger partial charge in [-0.25, -0.2) is 4.99 Å². The number of aromatic hydroxyl groups is 1. The second-order valence-electron chi connectivity index (χ2n) is 5.91. The van der Waals surface area contributed by atoms with Gasteiger partial charge in [-0.05, 0) is 37.0 Å². The molecule has 1 aromatic carbocycles. The van der Waals surface area contributed by atoms with Crippen LogP contribution in [0, 0.1) is 0 Å². The molecule has 0 radical (unpaired) electrons. The molecule has 3 N–H and O–H groups in total. The fraction of sp³-hybridized carbons (Fsp3) is 0.444. The van der Waals surface area contributed by atoms with Gasteiger partial charge in [0, 0.05) is 19.2 Å². The summed E-state index contributed by atoms with van der Waals surface area (Å²) in [5, 5.41) is 20.0. The molecule has 0 spiro atoms. The number of hydrogen-bond acceptors (Lipinski definition) is 4. The first-order valence-corrected chi connectivity index (χ1v) is 8.34. The van der Waals surface area contributed by atoms with Crippen LogP contribution in [0.15, 0.2) is 39.8 Å². The van der Waals surface area contributed by atoms with Crippen molar-refractivity contribution in [3.63, 3.8) is 0 Å². The largest absolute Gasteiger partial charge is 0.508 e. The summed E-state index contributed by atoms with van der Waals surface area (Å²) in [5.41, 5.74) is 2.03. The molecule has 0 saturated carbocycles. The number of nitrogens with one attached hydrogen (secondary N) is 2. The standard InChI is InChI=1S/C18H26N4O2/c1-4-19-18(20-9-8-14-6-5-7-15(23)10-14)21-12-16-11-17(13(2)3)22-24-16/h5-7,10-11,13,23H,4,8-9,12H2,1-3H3,(H2,19,20,21). The Balaban J connectivity index is 1.87. The highest BCUT2D eigenvalue weighted by molar-refractivity contribution is 5.79. The summed E-state index contributed by atoms with van der Waals surface area (Å²) in [5.74, 6) is 2.13. The Morgan fingerprint density at radius 1 is 1.29 bits per heavy atom. The minimum Gasteiger partial charge on any atom is -0.508 e. The summed E-state index contributed by atoms with van der Waals surface area (Å²) >= 11 is 0. The molecule has 6 nitrogen and oxygen atoms in total. The van der Waals surface area contributed by atoms with Crippen LogP contribution in [0.25, 0.3) is 0 Å². The number of phenolic OH excluding ortho intramolecular Hbond substituents is 1. The second kappa shape index (κ2) is 8.96. The van der Waals surface area contributed by atoms with Crippen LogP contribution in [0.4, 0.5) is 0 Å². The van der Waals surface area contributed by atoms with Crippen molar-refractivity contribution in [1.29, 1.82) is 0 Å². The molecule has 24 heavy (non-hydrogen) atoms. The van der Waals surface area contributed by atoms with Crippen LogP contribution in [0.1, 0.15) is 43.7 Å². The lowest BCUT2D eigenvalue weighted by molar-refractivity contribution is 0.376. The van der Waals surface area contributed by atoms with Gasteiger partial charge in [-0.3, -0.25) is 0 Å². The quantitative estimate of drug-likeness (QED) is 0.537. The van der Waals surface area contributed by atoms with Gasteiger partial charge in [-0.15, -0.1) is 0 Å². The number of guanidine groups is 1. The van der Waals surface area contributed by atoms with E-state index < -0.39 is 0 Å². The molecule has 0 fully saturated rings. The van der Waals surface area contributed by atoms with E-state index in [0.717, 1.165) is 42.5 Å². The predicted molar refractivity (Wildman–Crippen MR) is 95.2 cm³/mol. The van der Waals surface area contributed by atoms with Gasteiger partial charge in [0.15, 0.2) is 11.7 Å². The molecule has 0 aliphatic carbocycles. The van der Waals surface area contributed by atoms with Crippen molar-refractivity contribution < 1.29 is 9.63 Å². The molecule has 0 bridgehead atoms. The van der Waals surface area contributed by atoms with Gasteiger partial charge in [0.2, 0.25) is 0 Å². The topological polar surface area (TPSA) is 82.7 Å². The summed E-state index contributed by atoms with van der Waals surface area (Å²) in [6.07, 6.45) is 0.804. The summed E-state index contributed by atoms with van der Waals surface area (Å²) in [4.78, 5) is 4.52. The number of aliphatic imine (C=N–C) groups is 1. The third-order valence-electron chi connectivity index (χ3n) is 3.52. The maximum atomic E-state index is 9.48. The Labute approximate surface area is 143 Å². The van der Waals surface area contributed by atoms with Crippen molar-refractivity contribution in [1.82, 2.24) is 15.8 Å². The molecule has 1 aromatic heterocycles. The molecular weight excluding hydrogens is 304 g/mol. The molecule has 2 rings (SSSR count). The molecule has 0 aliphatic rings. The van der Waals surface area contributed by atoms with Crippen LogP contribution in [-0.2, 0) is 13.0 Å². The predicted octanol–water partition coefficient (Wildman–Crippen LogP) is 2.80. The Morgan fingerprint density at radius 3 is 2.79 bits per heavy atom.